The Morgan fingerprint density at radius 2 is 1.71 bits per heavy atom. The summed E-state index contributed by atoms with van der Waals surface area (Å²) in [5.74, 6) is 1.59. The lowest BCUT2D eigenvalue weighted by Crippen LogP contribution is -2.38. The first kappa shape index (κ1) is 25.4. The van der Waals surface area contributed by atoms with Gasteiger partial charge in [0.05, 0.1) is 24.2 Å². The molecule has 8 nitrogen and oxygen atoms in total. The van der Waals surface area contributed by atoms with Gasteiger partial charge in [-0.25, -0.2) is 18.2 Å². The van der Waals surface area contributed by atoms with E-state index in [9.17, 15) is 13.2 Å². The summed E-state index contributed by atoms with van der Waals surface area (Å²) in [7, 11) is 0. The van der Waals surface area contributed by atoms with Crippen molar-refractivity contribution in [2.45, 2.75) is 50.7 Å². The highest BCUT2D eigenvalue weighted by Gasteiger charge is 2.31. The number of imidazole rings is 1. The lowest BCUT2D eigenvalue weighted by atomic mass is 9.85. The molecule has 0 amide bonds. The Morgan fingerprint density at radius 3 is 2.45 bits per heavy atom. The summed E-state index contributed by atoms with van der Waals surface area (Å²) >= 11 is 0. The van der Waals surface area contributed by atoms with Crippen molar-refractivity contribution in [3.63, 3.8) is 0 Å². The Kier molecular flexibility index (Phi) is 7.38. The minimum atomic E-state index is -2.75. The molecule has 0 bridgehead atoms. The summed E-state index contributed by atoms with van der Waals surface area (Å²) in [5.41, 5.74) is 1.08. The third-order valence-corrected chi connectivity index (χ3v) is 8.09. The average molecular weight is 530 g/mol. The van der Waals surface area contributed by atoms with Gasteiger partial charge in [0.25, 0.3) is 6.43 Å². The second kappa shape index (κ2) is 11.1. The van der Waals surface area contributed by atoms with Crippen molar-refractivity contribution in [1.29, 1.82) is 0 Å². The number of hydrogen-bond donors (Lipinski definition) is 1. The highest BCUT2D eigenvalue weighted by Crippen LogP contribution is 2.32. The zero-order valence-corrected chi connectivity index (χ0v) is 21.4. The molecule has 1 saturated carbocycles. The van der Waals surface area contributed by atoms with Crippen LogP contribution in [0, 0.1) is 5.92 Å². The molecule has 6 rings (SSSR count). The molecule has 204 valence electrons. The van der Waals surface area contributed by atoms with Crippen molar-refractivity contribution >= 4 is 22.8 Å². The number of anilines is 2. The van der Waals surface area contributed by atoms with Crippen molar-refractivity contribution < 1.29 is 17.9 Å². The number of alkyl halides is 3. The van der Waals surface area contributed by atoms with E-state index in [1.807, 2.05) is 6.07 Å². The number of likely N-dealkylation sites (tertiary alicyclic amines) is 1. The molecule has 2 aromatic heterocycles. The first-order valence-electron chi connectivity index (χ1n) is 13.6. The van der Waals surface area contributed by atoms with E-state index in [-0.39, 0.29) is 5.82 Å². The summed E-state index contributed by atoms with van der Waals surface area (Å²) in [6.07, 6.45) is 1.47. The molecule has 1 N–H and O–H groups in total. The van der Waals surface area contributed by atoms with Crippen LogP contribution in [0.3, 0.4) is 0 Å². The minimum Gasteiger partial charge on any atom is -0.378 e. The number of nitrogens with zero attached hydrogens (tertiary/aromatic N) is 6. The van der Waals surface area contributed by atoms with E-state index < -0.39 is 12.6 Å². The second-order valence-electron chi connectivity index (χ2n) is 10.5. The number of rotatable bonds is 7. The molecule has 1 aliphatic carbocycles. The fourth-order valence-corrected chi connectivity index (χ4v) is 6.03. The smallest absolute Gasteiger partial charge is 0.296 e. The van der Waals surface area contributed by atoms with Gasteiger partial charge in [0.2, 0.25) is 5.95 Å². The van der Waals surface area contributed by atoms with E-state index >= 15 is 0 Å². The maximum atomic E-state index is 14.1. The molecule has 3 aliphatic rings. The number of benzene rings is 1. The minimum absolute atomic E-state index is 0.334. The van der Waals surface area contributed by atoms with Gasteiger partial charge in [-0.15, -0.1) is 0 Å². The van der Waals surface area contributed by atoms with Crippen LogP contribution in [0.25, 0.3) is 16.9 Å². The summed E-state index contributed by atoms with van der Waals surface area (Å²) in [6.45, 7) is 4.65. The van der Waals surface area contributed by atoms with E-state index in [0.717, 1.165) is 32.2 Å². The Balaban J connectivity index is 1.24. The summed E-state index contributed by atoms with van der Waals surface area (Å²) in [6, 6.07) is 9.34. The monoisotopic (exact) mass is 529 g/mol. The van der Waals surface area contributed by atoms with E-state index in [1.165, 1.54) is 4.57 Å². The van der Waals surface area contributed by atoms with E-state index in [1.54, 1.807) is 24.3 Å². The Hall–Kier alpha value is -2.92. The number of nitrogens with one attached hydrogen (secondary N) is 1. The number of aromatic nitrogens is 4. The molecule has 1 atom stereocenters. The fraction of sp³-hybridized carbons (Fsp3) is 0.593. The van der Waals surface area contributed by atoms with Crippen LogP contribution in [0.15, 0.2) is 30.3 Å². The largest absolute Gasteiger partial charge is 0.378 e. The van der Waals surface area contributed by atoms with Crippen LogP contribution >= 0.6 is 0 Å². The SMILES string of the molecule is FC(F)c1nc2ccccc2n1-c1cc(N2CCOCC2)nc(NCC2CCC(N3CC[C@@H](F)C3)CC2)n1. The van der Waals surface area contributed by atoms with Crippen LogP contribution in [0.1, 0.15) is 44.4 Å². The van der Waals surface area contributed by atoms with Gasteiger partial charge in [-0.05, 0) is 50.2 Å². The van der Waals surface area contributed by atoms with Crippen LogP contribution in [0.4, 0.5) is 24.9 Å². The first-order valence-corrected chi connectivity index (χ1v) is 13.6. The zero-order chi connectivity index (χ0) is 26.1. The third kappa shape index (κ3) is 5.31. The molecular weight excluding hydrogens is 495 g/mol. The molecule has 1 aromatic carbocycles. The summed E-state index contributed by atoms with van der Waals surface area (Å²) in [5, 5.41) is 3.41. The first-order chi connectivity index (χ1) is 18.5. The number of morpholine rings is 1. The number of fused-ring (bicyclic) bond motifs is 1. The molecule has 0 spiro atoms. The maximum absolute atomic E-state index is 14.1. The zero-order valence-electron chi connectivity index (χ0n) is 21.4. The molecule has 4 heterocycles. The number of halogens is 3. The highest BCUT2D eigenvalue weighted by molar-refractivity contribution is 5.78. The molecule has 0 radical (unpaired) electrons. The van der Waals surface area contributed by atoms with Crippen LogP contribution in [-0.2, 0) is 4.74 Å². The fourth-order valence-electron chi connectivity index (χ4n) is 6.03. The van der Waals surface area contributed by atoms with Gasteiger partial charge < -0.3 is 15.0 Å². The molecule has 0 unspecified atom stereocenters. The number of ether oxygens (including phenoxy) is 1. The predicted octanol–water partition coefficient (Wildman–Crippen LogP) is 4.60. The van der Waals surface area contributed by atoms with Crippen molar-refractivity contribution in [1.82, 2.24) is 24.4 Å². The van der Waals surface area contributed by atoms with Crippen LogP contribution in [-0.4, -0.2) is 82.6 Å². The van der Waals surface area contributed by atoms with Gasteiger partial charge in [-0.1, -0.05) is 12.1 Å². The Bertz CT molecular complexity index is 1240. The molecule has 11 heteroatoms. The molecule has 3 fully saturated rings. The van der Waals surface area contributed by atoms with E-state index in [4.69, 9.17) is 14.7 Å². The topological polar surface area (TPSA) is 71.3 Å². The predicted molar refractivity (Wildman–Crippen MR) is 140 cm³/mol. The van der Waals surface area contributed by atoms with Crippen molar-refractivity contribution in [2.24, 2.45) is 5.92 Å². The molecular formula is C27H34F3N7O. The highest BCUT2D eigenvalue weighted by atomic mass is 19.3. The molecule has 38 heavy (non-hydrogen) atoms. The maximum Gasteiger partial charge on any atom is 0.296 e. The Labute approximate surface area is 220 Å². The quantitative estimate of drug-likeness (QED) is 0.480. The molecule has 3 aromatic rings. The molecule has 2 saturated heterocycles. The third-order valence-electron chi connectivity index (χ3n) is 8.09. The lowest BCUT2D eigenvalue weighted by molar-refractivity contribution is 0.122. The van der Waals surface area contributed by atoms with Gasteiger partial charge in [0.15, 0.2) is 5.82 Å². The van der Waals surface area contributed by atoms with Crippen LogP contribution < -0.4 is 10.2 Å². The van der Waals surface area contributed by atoms with Gasteiger partial charge in [0.1, 0.15) is 17.8 Å². The Morgan fingerprint density at radius 1 is 0.947 bits per heavy atom. The van der Waals surface area contributed by atoms with E-state index in [0.29, 0.717) is 86.4 Å². The van der Waals surface area contributed by atoms with Crippen molar-refractivity contribution in [3.8, 4) is 5.82 Å². The second-order valence-corrected chi connectivity index (χ2v) is 10.5. The standard InChI is InChI=1S/C27H34F3N7O/c28-19-9-10-36(17-19)20-7-5-18(6-8-20)16-31-27-33-23(35-11-13-38-14-12-35)15-24(34-27)37-22-4-2-1-3-21(22)32-26(37)25(29)30/h1-4,15,18-20,25H,5-14,16-17H2,(H,31,33,34)/t18?,19-,20?/m1/s1. The van der Waals surface area contributed by atoms with Crippen molar-refractivity contribution in [3.05, 3.63) is 36.2 Å². The summed E-state index contributed by atoms with van der Waals surface area (Å²) < 4.78 is 48.7. The average Bonchev–Trinajstić information content (AvgIpc) is 3.56. The normalized spacial score (nSPS) is 24.9. The van der Waals surface area contributed by atoms with Crippen LogP contribution in [0.2, 0.25) is 0 Å². The van der Waals surface area contributed by atoms with Crippen LogP contribution in [0.5, 0.6) is 0 Å². The lowest BCUT2D eigenvalue weighted by Gasteiger charge is -2.34. The van der Waals surface area contributed by atoms with Gasteiger partial charge >= 0.3 is 0 Å². The number of para-hydroxylation sites is 2. The van der Waals surface area contributed by atoms with Gasteiger partial charge in [0, 0.05) is 44.8 Å². The van der Waals surface area contributed by atoms with Gasteiger partial charge in [-0.3, -0.25) is 9.47 Å². The number of hydrogen-bond acceptors (Lipinski definition) is 7. The van der Waals surface area contributed by atoms with Gasteiger partial charge in [-0.2, -0.15) is 9.97 Å². The van der Waals surface area contributed by atoms with Crippen molar-refractivity contribution in [2.75, 3.05) is 56.2 Å². The van der Waals surface area contributed by atoms with E-state index in [2.05, 4.69) is 20.1 Å². The summed E-state index contributed by atoms with van der Waals surface area (Å²) in [4.78, 5) is 18.1. The molecule has 2 aliphatic heterocycles.